The van der Waals surface area contributed by atoms with Crippen LogP contribution in [-0.2, 0) is 5.41 Å². The molecule has 0 spiro atoms. The highest BCUT2D eigenvalue weighted by Gasteiger charge is 2.38. The molecule has 5 heteroatoms. The lowest BCUT2D eigenvalue weighted by Gasteiger charge is -2.32. The van der Waals surface area contributed by atoms with E-state index in [4.69, 9.17) is 10.3 Å². The quantitative estimate of drug-likeness (QED) is 0.929. The Balaban J connectivity index is 1.93. The molecule has 106 valence electrons. The topological polar surface area (TPSA) is 77.8 Å². The minimum Gasteiger partial charge on any atom is -0.338 e. The summed E-state index contributed by atoms with van der Waals surface area (Å²) >= 11 is 0. The third kappa shape index (κ3) is 2.33. The van der Waals surface area contributed by atoms with Crippen LogP contribution in [0.25, 0.3) is 11.5 Å². The average Bonchev–Trinajstić information content (AvgIpc) is 2.98. The first kappa shape index (κ1) is 13.2. The predicted octanol–water partition coefficient (Wildman–Crippen LogP) is 2.60. The fourth-order valence-corrected chi connectivity index (χ4v) is 2.94. The van der Waals surface area contributed by atoms with Gasteiger partial charge in [-0.25, -0.2) is 0 Å². The van der Waals surface area contributed by atoms with E-state index in [9.17, 15) is 0 Å². The van der Waals surface area contributed by atoms with Crippen molar-refractivity contribution >= 4 is 0 Å². The lowest BCUT2D eigenvalue weighted by molar-refractivity contribution is 0.220. The van der Waals surface area contributed by atoms with Crippen molar-refractivity contribution in [1.29, 1.82) is 0 Å². The van der Waals surface area contributed by atoms with Crippen molar-refractivity contribution in [3.05, 3.63) is 29.8 Å². The number of aryl methyl sites for hydroxylation is 1. The molecule has 3 rings (SSSR count). The zero-order chi connectivity index (χ0) is 14.0. The lowest BCUT2D eigenvalue weighted by Crippen LogP contribution is -2.37. The van der Waals surface area contributed by atoms with E-state index in [1.165, 1.54) is 19.3 Å². The number of nitrogens with zero attached hydrogens (tertiary/aromatic N) is 3. The van der Waals surface area contributed by atoms with Gasteiger partial charge in [-0.3, -0.25) is 4.98 Å². The molecule has 0 atom stereocenters. The molecule has 2 N–H and O–H groups in total. The fourth-order valence-electron chi connectivity index (χ4n) is 2.94. The van der Waals surface area contributed by atoms with Crippen molar-refractivity contribution in [3.8, 4) is 11.5 Å². The second kappa shape index (κ2) is 5.32. The molecule has 0 aliphatic heterocycles. The first-order valence-electron chi connectivity index (χ1n) is 7.21. The molecular weight excluding hydrogens is 252 g/mol. The summed E-state index contributed by atoms with van der Waals surface area (Å²) in [6.45, 7) is 2.59. The summed E-state index contributed by atoms with van der Waals surface area (Å²) in [6, 6.07) is 3.91. The Morgan fingerprint density at radius 2 is 2.10 bits per heavy atom. The molecule has 1 fully saturated rings. The van der Waals surface area contributed by atoms with Crippen LogP contribution >= 0.6 is 0 Å². The van der Waals surface area contributed by atoms with Crippen LogP contribution in [0.1, 0.15) is 43.6 Å². The monoisotopic (exact) mass is 272 g/mol. The SMILES string of the molecule is Cc1ccnc(-c2noc(C3(CN)CCCCC3)n2)c1. The summed E-state index contributed by atoms with van der Waals surface area (Å²) in [7, 11) is 0. The van der Waals surface area contributed by atoms with Gasteiger partial charge in [-0.05, 0) is 37.5 Å². The Morgan fingerprint density at radius 1 is 1.30 bits per heavy atom. The van der Waals surface area contributed by atoms with Crippen molar-refractivity contribution in [2.75, 3.05) is 6.54 Å². The molecular formula is C15H20N4O. The van der Waals surface area contributed by atoms with Gasteiger partial charge >= 0.3 is 0 Å². The summed E-state index contributed by atoms with van der Waals surface area (Å²) in [5.41, 5.74) is 7.75. The van der Waals surface area contributed by atoms with Gasteiger partial charge in [-0.1, -0.05) is 24.4 Å². The highest BCUT2D eigenvalue weighted by Crippen LogP contribution is 2.38. The smallest absolute Gasteiger partial charge is 0.234 e. The van der Waals surface area contributed by atoms with Gasteiger partial charge in [0.15, 0.2) is 0 Å². The zero-order valence-electron chi connectivity index (χ0n) is 11.8. The molecule has 2 heterocycles. The number of hydrogen-bond acceptors (Lipinski definition) is 5. The molecule has 1 saturated carbocycles. The molecule has 1 aliphatic rings. The third-order valence-corrected chi connectivity index (χ3v) is 4.23. The van der Waals surface area contributed by atoms with E-state index in [-0.39, 0.29) is 5.41 Å². The van der Waals surface area contributed by atoms with Gasteiger partial charge in [0.05, 0.1) is 5.41 Å². The van der Waals surface area contributed by atoms with E-state index in [0.717, 1.165) is 24.1 Å². The van der Waals surface area contributed by atoms with Crippen LogP contribution in [0.2, 0.25) is 0 Å². The van der Waals surface area contributed by atoms with Crippen LogP contribution in [0.4, 0.5) is 0 Å². The Bertz CT molecular complexity index is 587. The Kier molecular flexibility index (Phi) is 3.53. The van der Waals surface area contributed by atoms with E-state index in [1.54, 1.807) is 6.20 Å². The van der Waals surface area contributed by atoms with Gasteiger partial charge < -0.3 is 10.3 Å². The maximum Gasteiger partial charge on any atom is 0.234 e. The number of nitrogens with two attached hydrogens (primary N) is 1. The second-order valence-electron chi connectivity index (χ2n) is 5.69. The van der Waals surface area contributed by atoms with E-state index >= 15 is 0 Å². The summed E-state index contributed by atoms with van der Waals surface area (Å²) in [5.74, 6) is 1.24. The van der Waals surface area contributed by atoms with Crippen LogP contribution in [0.3, 0.4) is 0 Å². The van der Waals surface area contributed by atoms with Crippen molar-refractivity contribution in [3.63, 3.8) is 0 Å². The fraction of sp³-hybridized carbons (Fsp3) is 0.533. The van der Waals surface area contributed by atoms with Gasteiger partial charge in [0.1, 0.15) is 5.69 Å². The first-order chi connectivity index (χ1) is 9.73. The van der Waals surface area contributed by atoms with Crippen molar-refractivity contribution in [1.82, 2.24) is 15.1 Å². The van der Waals surface area contributed by atoms with E-state index in [1.807, 2.05) is 19.1 Å². The molecule has 2 aromatic rings. The van der Waals surface area contributed by atoms with Crippen LogP contribution in [0.15, 0.2) is 22.9 Å². The maximum atomic E-state index is 6.00. The Morgan fingerprint density at radius 3 is 2.80 bits per heavy atom. The third-order valence-electron chi connectivity index (χ3n) is 4.23. The van der Waals surface area contributed by atoms with Crippen molar-refractivity contribution < 1.29 is 4.52 Å². The Hall–Kier alpha value is -1.75. The molecule has 0 amide bonds. The molecule has 5 nitrogen and oxygen atoms in total. The lowest BCUT2D eigenvalue weighted by atomic mass is 9.74. The number of rotatable bonds is 3. The number of pyridine rings is 1. The summed E-state index contributed by atoms with van der Waals surface area (Å²) in [6.07, 6.45) is 7.45. The zero-order valence-corrected chi connectivity index (χ0v) is 11.8. The van der Waals surface area contributed by atoms with Gasteiger partial charge in [0.2, 0.25) is 11.7 Å². The minimum atomic E-state index is -0.132. The molecule has 0 saturated heterocycles. The van der Waals surface area contributed by atoms with E-state index in [2.05, 4.69) is 15.1 Å². The van der Waals surface area contributed by atoms with Crippen LogP contribution in [0.5, 0.6) is 0 Å². The second-order valence-corrected chi connectivity index (χ2v) is 5.69. The maximum absolute atomic E-state index is 6.00. The summed E-state index contributed by atoms with van der Waals surface area (Å²) in [5, 5.41) is 4.09. The van der Waals surface area contributed by atoms with Crippen LogP contribution in [-0.4, -0.2) is 21.7 Å². The molecule has 2 aromatic heterocycles. The van der Waals surface area contributed by atoms with Gasteiger partial charge in [-0.2, -0.15) is 4.98 Å². The highest BCUT2D eigenvalue weighted by molar-refractivity contribution is 5.49. The molecule has 20 heavy (non-hydrogen) atoms. The first-order valence-corrected chi connectivity index (χ1v) is 7.21. The number of aromatic nitrogens is 3. The van der Waals surface area contributed by atoms with Gasteiger partial charge in [0, 0.05) is 12.7 Å². The molecule has 0 bridgehead atoms. The highest BCUT2D eigenvalue weighted by atomic mass is 16.5. The van der Waals surface area contributed by atoms with E-state index in [0.29, 0.717) is 18.3 Å². The summed E-state index contributed by atoms with van der Waals surface area (Å²) < 4.78 is 5.51. The molecule has 0 unspecified atom stereocenters. The van der Waals surface area contributed by atoms with Crippen LogP contribution in [0, 0.1) is 6.92 Å². The number of hydrogen-bond donors (Lipinski definition) is 1. The van der Waals surface area contributed by atoms with Gasteiger partial charge in [-0.15, -0.1) is 0 Å². The average molecular weight is 272 g/mol. The summed E-state index contributed by atoms with van der Waals surface area (Å²) in [4.78, 5) is 8.87. The van der Waals surface area contributed by atoms with E-state index < -0.39 is 0 Å². The molecule has 0 radical (unpaired) electrons. The standard InChI is InChI=1S/C15H20N4O/c1-11-5-8-17-12(9-11)13-18-14(20-19-13)15(10-16)6-3-2-4-7-15/h5,8-9H,2-4,6-7,10,16H2,1H3. The largest absolute Gasteiger partial charge is 0.338 e. The van der Waals surface area contributed by atoms with Crippen molar-refractivity contribution in [2.24, 2.45) is 5.73 Å². The van der Waals surface area contributed by atoms with Gasteiger partial charge in [0.25, 0.3) is 0 Å². The molecule has 0 aromatic carbocycles. The Labute approximate surface area is 118 Å². The minimum absolute atomic E-state index is 0.132. The predicted molar refractivity (Wildman–Crippen MR) is 76.1 cm³/mol. The molecule has 1 aliphatic carbocycles. The van der Waals surface area contributed by atoms with Crippen LogP contribution < -0.4 is 5.73 Å². The van der Waals surface area contributed by atoms with Crippen molar-refractivity contribution in [2.45, 2.75) is 44.4 Å². The normalized spacial score (nSPS) is 18.1.